The second-order valence-electron chi connectivity index (χ2n) is 6.16. The molecular formula is C19H20N4O2S. The van der Waals surface area contributed by atoms with Crippen molar-refractivity contribution >= 4 is 33.3 Å². The van der Waals surface area contributed by atoms with Crippen molar-refractivity contribution in [3.05, 3.63) is 50.8 Å². The van der Waals surface area contributed by atoms with Gasteiger partial charge in [0.05, 0.1) is 16.6 Å². The van der Waals surface area contributed by atoms with Gasteiger partial charge in [-0.25, -0.2) is 4.79 Å². The minimum atomic E-state index is -0.316. The second-order valence-corrected chi connectivity index (χ2v) is 7.38. The molecule has 0 aliphatic carbocycles. The van der Waals surface area contributed by atoms with Crippen molar-refractivity contribution in [2.75, 3.05) is 5.32 Å². The van der Waals surface area contributed by atoms with Gasteiger partial charge in [0, 0.05) is 11.4 Å². The Morgan fingerprint density at radius 1 is 1.23 bits per heavy atom. The summed E-state index contributed by atoms with van der Waals surface area (Å²) in [6.45, 7) is 6.31. The molecule has 0 saturated heterocycles. The van der Waals surface area contributed by atoms with Gasteiger partial charge in [-0.3, -0.25) is 13.9 Å². The van der Waals surface area contributed by atoms with Crippen LogP contribution in [0.1, 0.15) is 29.3 Å². The average molecular weight is 368 g/mol. The van der Waals surface area contributed by atoms with Gasteiger partial charge in [0.1, 0.15) is 17.6 Å². The number of carbonyl (C=O) groups is 1. The molecule has 0 unspecified atom stereocenters. The summed E-state index contributed by atoms with van der Waals surface area (Å²) in [4.78, 5) is 26.3. The standard InChI is InChI=1S/C19H20N4O2S/c1-4-9-22-15-7-5-6-8-16(15)23(19(22)25)11-17(24)21-18-14(10-20)12(2)13(3)26-18/h5-8H,4,9,11H2,1-3H3,(H,21,24). The minimum Gasteiger partial charge on any atom is -0.315 e. The average Bonchev–Trinajstić information content (AvgIpc) is 3.04. The predicted octanol–water partition coefficient (Wildman–Crippen LogP) is 3.40. The Morgan fingerprint density at radius 2 is 1.88 bits per heavy atom. The van der Waals surface area contributed by atoms with E-state index >= 15 is 0 Å². The highest BCUT2D eigenvalue weighted by atomic mass is 32.1. The van der Waals surface area contributed by atoms with Crippen LogP contribution in [0.4, 0.5) is 5.00 Å². The van der Waals surface area contributed by atoms with Crippen LogP contribution in [0.5, 0.6) is 0 Å². The van der Waals surface area contributed by atoms with E-state index in [2.05, 4.69) is 11.4 Å². The van der Waals surface area contributed by atoms with Gasteiger partial charge in [0.15, 0.2) is 0 Å². The number of anilines is 1. The van der Waals surface area contributed by atoms with E-state index in [1.165, 1.54) is 15.9 Å². The number of fused-ring (bicyclic) bond motifs is 1. The van der Waals surface area contributed by atoms with Crippen molar-refractivity contribution in [2.24, 2.45) is 0 Å². The van der Waals surface area contributed by atoms with Crippen LogP contribution in [0.25, 0.3) is 11.0 Å². The molecule has 0 spiro atoms. The predicted molar refractivity (Wildman–Crippen MR) is 104 cm³/mol. The van der Waals surface area contributed by atoms with Crippen molar-refractivity contribution in [3.8, 4) is 6.07 Å². The maximum absolute atomic E-state index is 12.7. The molecule has 1 N–H and O–H groups in total. The zero-order valence-corrected chi connectivity index (χ0v) is 15.8. The smallest absolute Gasteiger partial charge is 0.315 e. The van der Waals surface area contributed by atoms with Crippen molar-refractivity contribution < 1.29 is 4.79 Å². The number of hydrogen-bond donors (Lipinski definition) is 1. The number of benzene rings is 1. The fourth-order valence-electron chi connectivity index (χ4n) is 3.02. The first-order valence-electron chi connectivity index (χ1n) is 8.45. The molecule has 134 valence electrons. The number of nitriles is 1. The lowest BCUT2D eigenvalue weighted by atomic mass is 10.2. The Hall–Kier alpha value is -2.85. The molecule has 2 aromatic heterocycles. The zero-order chi connectivity index (χ0) is 18.8. The normalized spacial score (nSPS) is 10.8. The van der Waals surface area contributed by atoms with Gasteiger partial charge in [-0.05, 0) is 38.0 Å². The summed E-state index contributed by atoms with van der Waals surface area (Å²) in [6.07, 6.45) is 0.833. The van der Waals surface area contributed by atoms with E-state index in [1.807, 2.05) is 45.0 Å². The summed E-state index contributed by atoms with van der Waals surface area (Å²) in [5, 5.41) is 12.6. The van der Waals surface area contributed by atoms with Gasteiger partial charge < -0.3 is 5.32 Å². The van der Waals surface area contributed by atoms with Gasteiger partial charge in [0.25, 0.3) is 0 Å². The number of amides is 1. The fraction of sp³-hybridized carbons (Fsp3) is 0.316. The van der Waals surface area contributed by atoms with E-state index in [0.717, 1.165) is 27.9 Å². The maximum atomic E-state index is 12.7. The number of para-hydroxylation sites is 2. The zero-order valence-electron chi connectivity index (χ0n) is 15.0. The Labute approximate surface area is 155 Å². The molecular weight excluding hydrogens is 348 g/mol. The van der Waals surface area contributed by atoms with Crippen LogP contribution in [0.15, 0.2) is 29.1 Å². The first kappa shape index (κ1) is 18.0. The number of nitrogens with zero attached hydrogens (tertiary/aromatic N) is 3. The van der Waals surface area contributed by atoms with Crippen LogP contribution >= 0.6 is 11.3 Å². The van der Waals surface area contributed by atoms with Crippen LogP contribution in [0, 0.1) is 25.2 Å². The molecule has 0 fully saturated rings. The summed E-state index contributed by atoms with van der Waals surface area (Å²) >= 11 is 1.38. The number of imidazole rings is 1. The highest BCUT2D eigenvalue weighted by molar-refractivity contribution is 7.16. The van der Waals surface area contributed by atoms with Crippen LogP contribution in [0.2, 0.25) is 0 Å². The number of thiophene rings is 1. The third-order valence-electron chi connectivity index (χ3n) is 4.42. The number of rotatable bonds is 5. The SMILES string of the molecule is CCCn1c(=O)n(CC(=O)Nc2sc(C)c(C)c2C#N)c2ccccc21. The molecule has 0 saturated carbocycles. The third kappa shape index (κ3) is 3.04. The highest BCUT2D eigenvalue weighted by Crippen LogP contribution is 2.31. The van der Waals surface area contributed by atoms with E-state index in [4.69, 9.17) is 0 Å². The molecule has 26 heavy (non-hydrogen) atoms. The summed E-state index contributed by atoms with van der Waals surface area (Å²) in [6, 6.07) is 9.61. The summed E-state index contributed by atoms with van der Waals surface area (Å²) in [5.41, 5.74) is 2.74. The van der Waals surface area contributed by atoms with E-state index in [0.29, 0.717) is 17.1 Å². The maximum Gasteiger partial charge on any atom is 0.329 e. The Kier molecular flexibility index (Phi) is 4.96. The molecule has 7 heteroatoms. The fourth-order valence-corrected chi connectivity index (χ4v) is 4.05. The van der Waals surface area contributed by atoms with Crippen LogP contribution in [0.3, 0.4) is 0 Å². The van der Waals surface area contributed by atoms with Gasteiger partial charge in [-0.15, -0.1) is 11.3 Å². The third-order valence-corrected chi connectivity index (χ3v) is 5.55. The van der Waals surface area contributed by atoms with E-state index in [9.17, 15) is 14.9 Å². The second kappa shape index (κ2) is 7.18. The number of hydrogen-bond acceptors (Lipinski definition) is 4. The molecule has 6 nitrogen and oxygen atoms in total. The lowest BCUT2D eigenvalue weighted by Gasteiger charge is -2.05. The number of carbonyl (C=O) groups excluding carboxylic acids is 1. The number of aromatic nitrogens is 2. The lowest BCUT2D eigenvalue weighted by molar-refractivity contribution is -0.116. The van der Waals surface area contributed by atoms with Crippen molar-refractivity contribution in [2.45, 2.75) is 40.3 Å². The molecule has 0 bridgehead atoms. The number of aryl methyl sites for hydroxylation is 2. The van der Waals surface area contributed by atoms with Gasteiger partial charge >= 0.3 is 5.69 Å². The van der Waals surface area contributed by atoms with Gasteiger partial charge in [0.2, 0.25) is 5.91 Å². The van der Waals surface area contributed by atoms with Crippen LogP contribution < -0.4 is 11.0 Å². The van der Waals surface area contributed by atoms with Gasteiger partial charge in [-0.1, -0.05) is 19.1 Å². The van der Waals surface area contributed by atoms with Crippen molar-refractivity contribution in [3.63, 3.8) is 0 Å². The van der Waals surface area contributed by atoms with Crippen molar-refractivity contribution in [1.82, 2.24) is 9.13 Å². The molecule has 0 atom stereocenters. The first-order chi connectivity index (χ1) is 12.5. The molecule has 1 amide bonds. The van der Waals surface area contributed by atoms with Gasteiger partial charge in [-0.2, -0.15) is 5.26 Å². The molecule has 3 rings (SSSR count). The topological polar surface area (TPSA) is 79.8 Å². The molecule has 0 aliphatic rings. The summed E-state index contributed by atoms with van der Waals surface area (Å²) < 4.78 is 3.18. The molecule has 1 aromatic carbocycles. The number of nitrogens with one attached hydrogen (secondary N) is 1. The molecule has 3 aromatic rings. The van der Waals surface area contributed by atoms with Crippen LogP contribution in [-0.4, -0.2) is 15.0 Å². The molecule has 2 heterocycles. The van der Waals surface area contributed by atoms with E-state index in [1.54, 1.807) is 4.57 Å². The minimum absolute atomic E-state index is 0.0864. The highest BCUT2D eigenvalue weighted by Gasteiger charge is 2.18. The Bertz CT molecular complexity index is 1080. The molecule has 0 aliphatic heterocycles. The summed E-state index contributed by atoms with van der Waals surface area (Å²) in [5.74, 6) is -0.316. The quantitative estimate of drug-likeness (QED) is 0.749. The first-order valence-corrected chi connectivity index (χ1v) is 9.27. The van der Waals surface area contributed by atoms with Crippen LogP contribution in [-0.2, 0) is 17.9 Å². The largest absolute Gasteiger partial charge is 0.329 e. The lowest BCUT2D eigenvalue weighted by Crippen LogP contribution is -2.29. The Morgan fingerprint density at radius 3 is 2.50 bits per heavy atom. The monoisotopic (exact) mass is 368 g/mol. The van der Waals surface area contributed by atoms with Crippen molar-refractivity contribution in [1.29, 1.82) is 5.26 Å². The van der Waals surface area contributed by atoms with E-state index < -0.39 is 0 Å². The van der Waals surface area contributed by atoms with E-state index in [-0.39, 0.29) is 18.1 Å². The molecule has 0 radical (unpaired) electrons. The Balaban J connectivity index is 1.94. The summed E-state index contributed by atoms with van der Waals surface area (Å²) in [7, 11) is 0.